The van der Waals surface area contributed by atoms with Crippen molar-refractivity contribution in [1.29, 1.82) is 0 Å². The lowest BCUT2D eigenvalue weighted by Crippen LogP contribution is -2.42. The second-order valence-corrected chi connectivity index (χ2v) is 10.5. The van der Waals surface area contributed by atoms with Crippen LogP contribution in [0.5, 0.6) is 0 Å². The smallest absolute Gasteiger partial charge is 0.231 e. The van der Waals surface area contributed by atoms with Gasteiger partial charge in [-0.3, -0.25) is 9.69 Å². The second-order valence-electron chi connectivity index (χ2n) is 9.40. The van der Waals surface area contributed by atoms with Crippen molar-refractivity contribution in [2.45, 2.75) is 71.0 Å². The van der Waals surface area contributed by atoms with Crippen molar-refractivity contribution in [1.82, 2.24) is 24.3 Å². The fourth-order valence-corrected chi connectivity index (χ4v) is 5.93. The van der Waals surface area contributed by atoms with Crippen LogP contribution in [0.4, 0.5) is 0 Å². The van der Waals surface area contributed by atoms with E-state index in [4.69, 9.17) is 4.98 Å². The van der Waals surface area contributed by atoms with Crippen LogP contribution in [0.15, 0.2) is 17.9 Å². The first-order valence-corrected chi connectivity index (χ1v) is 11.8. The number of imidazole rings is 1. The molecule has 1 amide bonds. The molecule has 29 heavy (non-hydrogen) atoms. The van der Waals surface area contributed by atoms with Gasteiger partial charge in [0.2, 0.25) is 5.91 Å². The number of thiazole rings is 1. The number of hydrogen-bond donors (Lipinski definition) is 0. The van der Waals surface area contributed by atoms with E-state index < -0.39 is 0 Å². The fourth-order valence-electron chi connectivity index (χ4n) is 5.32. The summed E-state index contributed by atoms with van der Waals surface area (Å²) >= 11 is 1.66. The molecule has 7 heteroatoms. The SMILES string of the molecule is Cc1nc(CN2CC[C@@]3(CN(C4CCC4)C[C@H]3c3cn(C(C)C)cn3)C2=O)cs1. The average molecular weight is 414 g/mol. The summed E-state index contributed by atoms with van der Waals surface area (Å²) in [5.74, 6) is 0.506. The zero-order chi connectivity index (χ0) is 20.2. The first-order chi connectivity index (χ1) is 14.0. The third-order valence-electron chi connectivity index (χ3n) is 7.30. The summed E-state index contributed by atoms with van der Waals surface area (Å²) < 4.78 is 2.17. The highest BCUT2D eigenvalue weighted by Crippen LogP contribution is 2.51. The Bertz CT molecular complexity index is 901. The summed E-state index contributed by atoms with van der Waals surface area (Å²) in [6.45, 7) is 9.70. The molecule has 3 aliphatic rings. The van der Waals surface area contributed by atoms with Gasteiger partial charge in [0.25, 0.3) is 0 Å². The van der Waals surface area contributed by atoms with E-state index >= 15 is 0 Å². The minimum atomic E-state index is -0.323. The Labute approximate surface area is 176 Å². The second kappa shape index (κ2) is 7.20. The molecule has 2 aromatic rings. The number of nitrogens with zero attached hydrogens (tertiary/aromatic N) is 5. The van der Waals surface area contributed by atoms with Crippen molar-refractivity contribution in [2.24, 2.45) is 5.41 Å². The van der Waals surface area contributed by atoms with E-state index in [0.29, 0.717) is 24.5 Å². The Hall–Kier alpha value is -1.73. The van der Waals surface area contributed by atoms with Crippen LogP contribution in [0.3, 0.4) is 0 Å². The first-order valence-electron chi connectivity index (χ1n) is 10.9. The van der Waals surface area contributed by atoms with Crippen LogP contribution < -0.4 is 0 Å². The normalized spacial score (nSPS) is 28.2. The lowest BCUT2D eigenvalue weighted by molar-refractivity contribution is -0.136. The van der Waals surface area contributed by atoms with Gasteiger partial charge in [-0.25, -0.2) is 9.97 Å². The van der Waals surface area contributed by atoms with Gasteiger partial charge in [0.15, 0.2) is 0 Å². The average Bonchev–Trinajstić information content (AvgIpc) is 3.39. The van der Waals surface area contributed by atoms with Gasteiger partial charge in [0.05, 0.1) is 34.7 Å². The molecule has 1 spiro atoms. The molecular formula is C22H31N5OS. The highest BCUT2D eigenvalue weighted by atomic mass is 32.1. The van der Waals surface area contributed by atoms with Gasteiger partial charge in [-0.15, -0.1) is 11.3 Å². The standard InChI is InChI=1S/C22H31N5OS/c1-15(2)27-11-20(23-14-27)19-10-26(18-5-4-6-18)13-22(19)7-8-25(21(22)28)9-17-12-29-16(3)24-17/h11-12,14-15,18-19H,4-10,13H2,1-3H3/t19-,22-/m0/s1. The number of amides is 1. The molecular weight excluding hydrogens is 382 g/mol. The van der Waals surface area contributed by atoms with Crippen LogP contribution in [-0.4, -0.2) is 55.9 Å². The minimum absolute atomic E-state index is 0.192. The number of hydrogen-bond acceptors (Lipinski definition) is 5. The lowest BCUT2D eigenvalue weighted by atomic mass is 9.75. The van der Waals surface area contributed by atoms with Gasteiger partial charge in [-0.1, -0.05) is 6.42 Å². The van der Waals surface area contributed by atoms with Crippen molar-refractivity contribution < 1.29 is 4.79 Å². The van der Waals surface area contributed by atoms with Crippen molar-refractivity contribution in [2.75, 3.05) is 19.6 Å². The highest BCUT2D eigenvalue weighted by molar-refractivity contribution is 7.09. The zero-order valence-electron chi connectivity index (χ0n) is 17.7. The summed E-state index contributed by atoms with van der Waals surface area (Å²) in [6.07, 6.45) is 8.93. The molecule has 2 aromatic heterocycles. The van der Waals surface area contributed by atoms with E-state index in [9.17, 15) is 4.79 Å². The summed E-state index contributed by atoms with van der Waals surface area (Å²) in [7, 11) is 0. The maximum Gasteiger partial charge on any atom is 0.231 e. The summed E-state index contributed by atoms with van der Waals surface area (Å²) in [4.78, 5) is 27.8. The van der Waals surface area contributed by atoms with Gasteiger partial charge in [-0.05, 0) is 40.0 Å². The number of aryl methyl sites for hydroxylation is 1. The Balaban J connectivity index is 1.43. The maximum atomic E-state index is 13.8. The van der Waals surface area contributed by atoms with Crippen LogP contribution in [0.1, 0.15) is 67.9 Å². The molecule has 0 N–H and O–H groups in total. The molecule has 0 unspecified atom stereocenters. The van der Waals surface area contributed by atoms with Gasteiger partial charge in [0.1, 0.15) is 0 Å². The number of rotatable bonds is 5. The number of aromatic nitrogens is 3. The molecule has 6 nitrogen and oxygen atoms in total. The van der Waals surface area contributed by atoms with E-state index in [2.05, 4.69) is 39.9 Å². The third kappa shape index (κ3) is 3.22. The Morgan fingerprint density at radius 3 is 2.79 bits per heavy atom. The molecule has 5 rings (SSSR count). The summed E-state index contributed by atoms with van der Waals surface area (Å²) in [6, 6.07) is 1.05. The monoisotopic (exact) mass is 413 g/mol. The number of likely N-dealkylation sites (tertiary alicyclic amines) is 2. The maximum absolute atomic E-state index is 13.8. The van der Waals surface area contributed by atoms with Crippen molar-refractivity contribution in [3.63, 3.8) is 0 Å². The number of carbonyl (C=O) groups is 1. The molecule has 0 radical (unpaired) electrons. The van der Waals surface area contributed by atoms with E-state index in [-0.39, 0.29) is 11.3 Å². The van der Waals surface area contributed by atoms with E-state index in [1.165, 1.54) is 19.3 Å². The molecule has 0 bridgehead atoms. The molecule has 3 fully saturated rings. The van der Waals surface area contributed by atoms with Gasteiger partial charge < -0.3 is 9.47 Å². The number of carbonyl (C=O) groups excluding carboxylic acids is 1. The third-order valence-corrected chi connectivity index (χ3v) is 8.12. The van der Waals surface area contributed by atoms with Crippen LogP contribution in [0.25, 0.3) is 0 Å². The lowest BCUT2D eigenvalue weighted by Gasteiger charge is -2.35. The van der Waals surface area contributed by atoms with Gasteiger partial charge in [0, 0.05) is 49.2 Å². The first kappa shape index (κ1) is 19.2. The quantitative estimate of drug-likeness (QED) is 0.752. The molecule has 2 aliphatic heterocycles. The van der Waals surface area contributed by atoms with Crippen LogP contribution in [-0.2, 0) is 11.3 Å². The highest BCUT2D eigenvalue weighted by Gasteiger charge is 2.58. The van der Waals surface area contributed by atoms with Crippen molar-refractivity contribution in [3.8, 4) is 0 Å². The van der Waals surface area contributed by atoms with Gasteiger partial charge >= 0.3 is 0 Å². The van der Waals surface area contributed by atoms with Crippen molar-refractivity contribution >= 4 is 17.2 Å². The van der Waals surface area contributed by atoms with E-state index in [1.807, 2.05) is 18.2 Å². The topological polar surface area (TPSA) is 54.3 Å². The predicted octanol–water partition coefficient (Wildman–Crippen LogP) is 3.60. The van der Waals surface area contributed by atoms with Crippen LogP contribution in [0, 0.1) is 12.3 Å². The molecule has 156 valence electrons. The molecule has 4 heterocycles. The van der Waals surface area contributed by atoms with E-state index in [0.717, 1.165) is 42.5 Å². The van der Waals surface area contributed by atoms with E-state index in [1.54, 1.807) is 11.3 Å². The molecule has 1 saturated carbocycles. The van der Waals surface area contributed by atoms with Crippen molar-refractivity contribution in [3.05, 3.63) is 34.3 Å². The van der Waals surface area contributed by atoms with Crippen LogP contribution in [0.2, 0.25) is 0 Å². The Morgan fingerprint density at radius 2 is 2.17 bits per heavy atom. The Morgan fingerprint density at radius 1 is 1.34 bits per heavy atom. The summed E-state index contributed by atoms with van der Waals surface area (Å²) in [5, 5.41) is 3.15. The zero-order valence-corrected chi connectivity index (χ0v) is 18.5. The summed E-state index contributed by atoms with van der Waals surface area (Å²) in [5.41, 5.74) is 1.80. The molecule has 2 saturated heterocycles. The molecule has 0 aromatic carbocycles. The molecule has 1 aliphatic carbocycles. The van der Waals surface area contributed by atoms with Gasteiger partial charge in [-0.2, -0.15) is 0 Å². The largest absolute Gasteiger partial charge is 0.336 e. The minimum Gasteiger partial charge on any atom is -0.336 e. The predicted molar refractivity (Wildman–Crippen MR) is 114 cm³/mol. The van der Waals surface area contributed by atoms with Crippen LogP contribution >= 0.6 is 11.3 Å². The Kier molecular flexibility index (Phi) is 4.78. The molecule has 2 atom stereocenters. The fraction of sp³-hybridized carbons (Fsp3) is 0.682.